The van der Waals surface area contributed by atoms with Crippen molar-refractivity contribution in [2.24, 2.45) is 0 Å². The number of hydrogen-bond acceptors (Lipinski definition) is 4. The van der Waals surface area contributed by atoms with E-state index in [1.807, 2.05) is 30.3 Å². The average molecular weight is 324 g/mol. The number of carbonyl (C=O) groups is 1. The Morgan fingerprint density at radius 2 is 1.88 bits per heavy atom. The van der Waals surface area contributed by atoms with Crippen molar-refractivity contribution in [1.82, 2.24) is 9.55 Å². The van der Waals surface area contributed by atoms with Gasteiger partial charge in [0.2, 0.25) is 0 Å². The summed E-state index contributed by atoms with van der Waals surface area (Å²) in [5, 5.41) is 19.8. The molecular weight excluding hydrogens is 308 g/mol. The molecule has 0 saturated heterocycles. The summed E-state index contributed by atoms with van der Waals surface area (Å²) in [7, 11) is 0. The van der Waals surface area contributed by atoms with Gasteiger partial charge in [0.25, 0.3) is 5.56 Å². The lowest BCUT2D eigenvalue weighted by molar-refractivity contribution is 0.0687. The highest BCUT2D eigenvalue weighted by molar-refractivity contribution is 5.98. The van der Waals surface area contributed by atoms with E-state index in [4.69, 9.17) is 0 Å². The largest absolute Gasteiger partial charge is 0.505 e. The number of rotatable bonds is 3. The number of hydrogen-bond donors (Lipinski definition) is 2. The van der Waals surface area contributed by atoms with Crippen LogP contribution in [0.2, 0.25) is 0 Å². The van der Waals surface area contributed by atoms with Gasteiger partial charge in [0.1, 0.15) is 0 Å². The van der Waals surface area contributed by atoms with Crippen molar-refractivity contribution in [2.75, 3.05) is 0 Å². The molecule has 24 heavy (non-hydrogen) atoms. The molecule has 2 heterocycles. The fourth-order valence-corrected chi connectivity index (χ4v) is 2.84. The number of aromatic nitrogens is 2. The summed E-state index contributed by atoms with van der Waals surface area (Å²) < 4.78 is 1.52. The summed E-state index contributed by atoms with van der Waals surface area (Å²) in [6.07, 6.45) is 0. The second-order valence-electron chi connectivity index (χ2n) is 5.67. The van der Waals surface area contributed by atoms with Crippen LogP contribution in [0.15, 0.2) is 41.2 Å². The quantitative estimate of drug-likeness (QED) is 0.772. The summed E-state index contributed by atoms with van der Waals surface area (Å²) in [4.78, 5) is 27.8. The fraction of sp³-hybridized carbons (Fsp3) is 0.167. The molecule has 2 N–H and O–H groups in total. The molecule has 0 bridgehead atoms. The Bertz CT molecular complexity index is 1010. The monoisotopic (exact) mass is 324 g/mol. The molecule has 1 aromatic carbocycles. The topological polar surface area (TPSA) is 92.4 Å². The van der Waals surface area contributed by atoms with Crippen molar-refractivity contribution in [3.8, 4) is 5.75 Å². The van der Waals surface area contributed by atoms with Crippen molar-refractivity contribution in [3.05, 3.63) is 69.3 Å². The third-order valence-electron chi connectivity index (χ3n) is 3.96. The van der Waals surface area contributed by atoms with Crippen LogP contribution in [0.3, 0.4) is 0 Å². The first-order chi connectivity index (χ1) is 11.4. The lowest BCUT2D eigenvalue weighted by Gasteiger charge is -2.15. The minimum atomic E-state index is -1.31. The highest BCUT2D eigenvalue weighted by Gasteiger charge is 2.20. The molecule has 0 spiro atoms. The van der Waals surface area contributed by atoms with Crippen LogP contribution in [-0.2, 0) is 6.54 Å². The predicted molar refractivity (Wildman–Crippen MR) is 89.6 cm³/mol. The highest BCUT2D eigenvalue weighted by atomic mass is 16.4. The molecule has 6 nitrogen and oxygen atoms in total. The zero-order valence-electron chi connectivity index (χ0n) is 13.3. The van der Waals surface area contributed by atoms with E-state index < -0.39 is 17.4 Å². The molecule has 3 rings (SSSR count). The van der Waals surface area contributed by atoms with Gasteiger partial charge in [-0.05, 0) is 25.5 Å². The molecule has 0 aliphatic rings. The van der Waals surface area contributed by atoms with Gasteiger partial charge in [-0.3, -0.25) is 4.79 Å². The number of aryl methyl sites for hydroxylation is 2. The van der Waals surface area contributed by atoms with E-state index in [1.54, 1.807) is 13.8 Å². The van der Waals surface area contributed by atoms with Crippen LogP contribution in [-0.4, -0.2) is 25.7 Å². The number of carboxylic acid groups (broad SMARTS) is 1. The average Bonchev–Trinajstić information content (AvgIpc) is 2.55. The summed E-state index contributed by atoms with van der Waals surface area (Å²) in [5.41, 5.74) is 1.57. The molecule has 0 fully saturated rings. The Hall–Kier alpha value is -3.15. The normalized spacial score (nSPS) is 10.9. The Morgan fingerprint density at radius 1 is 1.21 bits per heavy atom. The molecule has 0 saturated carbocycles. The molecule has 6 heteroatoms. The molecular formula is C18H16N2O4. The summed E-state index contributed by atoms with van der Waals surface area (Å²) in [6, 6.07) is 10.9. The molecule has 122 valence electrons. The maximum absolute atomic E-state index is 12.6. The van der Waals surface area contributed by atoms with Crippen molar-refractivity contribution >= 4 is 16.9 Å². The summed E-state index contributed by atoms with van der Waals surface area (Å²) in [6.45, 7) is 3.58. The van der Waals surface area contributed by atoms with Gasteiger partial charge in [-0.1, -0.05) is 30.3 Å². The van der Waals surface area contributed by atoms with E-state index >= 15 is 0 Å². The van der Waals surface area contributed by atoms with Crippen LogP contribution < -0.4 is 5.56 Å². The number of pyridine rings is 2. The first-order valence-electron chi connectivity index (χ1n) is 7.41. The van der Waals surface area contributed by atoms with Gasteiger partial charge in [0, 0.05) is 10.9 Å². The van der Waals surface area contributed by atoms with E-state index in [-0.39, 0.29) is 5.56 Å². The molecule has 0 aliphatic carbocycles. The fourth-order valence-electron chi connectivity index (χ4n) is 2.84. The summed E-state index contributed by atoms with van der Waals surface area (Å²) >= 11 is 0. The van der Waals surface area contributed by atoms with Gasteiger partial charge in [0.15, 0.2) is 11.4 Å². The second-order valence-corrected chi connectivity index (χ2v) is 5.67. The molecule has 3 aromatic rings. The van der Waals surface area contributed by atoms with E-state index in [1.165, 1.54) is 10.6 Å². The van der Waals surface area contributed by atoms with Gasteiger partial charge < -0.3 is 14.8 Å². The highest BCUT2D eigenvalue weighted by Crippen LogP contribution is 2.29. The Balaban J connectivity index is 2.36. The van der Waals surface area contributed by atoms with Crippen LogP contribution in [0.4, 0.5) is 0 Å². The van der Waals surface area contributed by atoms with Gasteiger partial charge in [-0.25, -0.2) is 9.78 Å². The lowest BCUT2D eigenvalue weighted by atomic mass is 10.1. The Morgan fingerprint density at radius 3 is 2.50 bits per heavy atom. The van der Waals surface area contributed by atoms with E-state index in [2.05, 4.69) is 4.98 Å². The first kappa shape index (κ1) is 15.7. The van der Waals surface area contributed by atoms with E-state index in [0.29, 0.717) is 28.7 Å². The molecule has 0 atom stereocenters. The number of benzene rings is 1. The van der Waals surface area contributed by atoms with E-state index in [0.717, 1.165) is 5.56 Å². The molecule has 0 aliphatic heterocycles. The summed E-state index contributed by atoms with van der Waals surface area (Å²) in [5.74, 6) is -1.73. The molecule has 0 amide bonds. The van der Waals surface area contributed by atoms with Gasteiger partial charge in [-0.15, -0.1) is 0 Å². The van der Waals surface area contributed by atoms with Crippen LogP contribution in [0.25, 0.3) is 10.9 Å². The maximum atomic E-state index is 12.6. The zero-order valence-corrected chi connectivity index (χ0v) is 13.3. The number of aromatic carboxylic acids is 1. The van der Waals surface area contributed by atoms with E-state index in [9.17, 15) is 19.8 Å². The van der Waals surface area contributed by atoms with Gasteiger partial charge in [0.05, 0.1) is 17.8 Å². The van der Waals surface area contributed by atoms with Crippen LogP contribution >= 0.6 is 0 Å². The van der Waals surface area contributed by atoms with Gasteiger partial charge >= 0.3 is 5.97 Å². The van der Waals surface area contributed by atoms with Crippen LogP contribution in [0.5, 0.6) is 5.75 Å². The zero-order chi connectivity index (χ0) is 17.4. The number of fused-ring (bicyclic) bond motifs is 1. The van der Waals surface area contributed by atoms with Crippen molar-refractivity contribution < 1.29 is 15.0 Å². The second kappa shape index (κ2) is 5.81. The Kier molecular flexibility index (Phi) is 3.81. The SMILES string of the molecule is Cc1cc2c(O)c(C(=O)O)nc(C)c2n(Cc2ccccc2)c1=O. The van der Waals surface area contributed by atoms with Crippen molar-refractivity contribution in [3.63, 3.8) is 0 Å². The smallest absolute Gasteiger partial charge is 0.358 e. The van der Waals surface area contributed by atoms with Crippen LogP contribution in [0.1, 0.15) is 27.3 Å². The Labute approximate surface area is 137 Å². The standard InChI is InChI=1S/C18H16N2O4/c1-10-8-13-15(11(2)19-14(16(13)21)18(23)24)20(17(10)22)9-12-6-4-3-5-7-12/h3-8,21H,9H2,1-2H3,(H,23,24). The minimum Gasteiger partial charge on any atom is -0.505 e. The first-order valence-corrected chi connectivity index (χ1v) is 7.41. The lowest BCUT2D eigenvalue weighted by Crippen LogP contribution is -2.24. The maximum Gasteiger partial charge on any atom is 0.358 e. The minimum absolute atomic E-state index is 0.196. The third kappa shape index (κ3) is 2.52. The number of nitrogens with zero attached hydrogens (tertiary/aromatic N) is 2. The third-order valence-corrected chi connectivity index (χ3v) is 3.96. The van der Waals surface area contributed by atoms with Crippen molar-refractivity contribution in [2.45, 2.75) is 20.4 Å². The van der Waals surface area contributed by atoms with Gasteiger partial charge in [-0.2, -0.15) is 0 Å². The molecule has 0 radical (unpaired) electrons. The number of aromatic hydroxyl groups is 1. The molecule has 0 unspecified atom stereocenters. The predicted octanol–water partition coefficient (Wildman–Crippen LogP) is 2.47. The van der Waals surface area contributed by atoms with Crippen LogP contribution in [0, 0.1) is 13.8 Å². The van der Waals surface area contributed by atoms with Crippen molar-refractivity contribution in [1.29, 1.82) is 0 Å². The number of carboxylic acids is 1. The molecule has 2 aromatic heterocycles.